The van der Waals surface area contributed by atoms with Crippen molar-refractivity contribution in [3.63, 3.8) is 0 Å². The van der Waals surface area contributed by atoms with Gasteiger partial charge in [-0.3, -0.25) is 19.8 Å². The Labute approximate surface area is 176 Å². The second kappa shape index (κ2) is 7.68. The van der Waals surface area contributed by atoms with Crippen LogP contribution in [0.4, 0.5) is 9.93 Å². The number of nitrogens with one attached hydrogen (secondary N) is 2. The van der Waals surface area contributed by atoms with Gasteiger partial charge >= 0.3 is 6.03 Å². The highest BCUT2D eigenvalue weighted by atomic mass is 32.1. The van der Waals surface area contributed by atoms with Crippen LogP contribution in [0, 0.1) is 6.92 Å². The van der Waals surface area contributed by atoms with Crippen LogP contribution < -0.4 is 10.6 Å². The first-order valence-electron chi connectivity index (χ1n) is 9.27. The van der Waals surface area contributed by atoms with Gasteiger partial charge in [-0.25, -0.2) is 4.79 Å². The van der Waals surface area contributed by atoms with E-state index in [4.69, 9.17) is 0 Å². The number of imide groups is 1. The number of aryl methyl sites for hydroxylation is 1. The summed E-state index contributed by atoms with van der Waals surface area (Å²) in [4.78, 5) is 38.7. The van der Waals surface area contributed by atoms with Crippen LogP contribution in [0.1, 0.15) is 18.1 Å². The normalized spacial score (nSPS) is 18.4. The fraction of sp³-hybridized carbons (Fsp3) is 0.190. The van der Waals surface area contributed by atoms with E-state index in [1.54, 1.807) is 19.1 Å². The summed E-state index contributed by atoms with van der Waals surface area (Å²) in [5.74, 6) is -1.00. The van der Waals surface area contributed by atoms with Crippen molar-refractivity contribution in [3.05, 3.63) is 65.7 Å². The van der Waals surface area contributed by atoms with Crippen molar-refractivity contribution in [1.82, 2.24) is 20.4 Å². The second-order valence-corrected chi connectivity index (χ2v) is 8.12. The van der Waals surface area contributed by atoms with Gasteiger partial charge in [0, 0.05) is 5.56 Å². The highest BCUT2D eigenvalue weighted by molar-refractivity contribution is 7.18. The zero-order valence-electron chi connectivity index (χ0n) is 16.4. The number of benzene rings is 2. The summed E-state index contributed by atoms with van der Waals surface area (Å²) in [7, 11) is 0. The topological polar surface area (TPSA) is 104 Å². The third-order valence-electron chi connectivity index (χ3n) is 4.90. The minimum absolute atomic E-state index is 0.298. The van der Waals surface area contributed by atoms with E-state index >= 15 is 0 Å². The Morgan fingerprint density at radius 1 is 1.10 bits per heavy atom. The highest BCUT2D eigenvalue weighted by Crippen LogP contribution is 2.29. The molecule has 2 aromatic carbocycles. The van der Waals surface area contributed by atoms with E-state index < -0.39 is 29.9 Å². The maximum Gasteiger partial charge on any atom is 0.325 e. The third kappa shape index (κ3) is 3.67. The van der Waals surface area contributed by atoms with Crippen LogP contribution in [0.25, 0.3) is 10.6 Å². The van der Waals surface area contributed by atoms with Gasteiger partial charge in [-0.2, -0.15) is 0 Å². The third-order valence-corrected chi connectivity index (χ3v) is 5.79. The van der Waals surface area contributed by atoms with E-state index in [2.05, 4.69) is 20.8 Å². The van der Waals surface area contributed by atoms with Crippen molar-refractivity contribution in [2.75, 3.05) is 11.9 Å². The summed E-state index contributed by atoms with van der Waals surface area (Å²) in [6.45, 7) is 3.16. The Balaban J connectivity index is 1.45. The van der Waals surface area contributed by atoms with Gasteiger partial charge in [0.05, 0.1) is 0 Å². The number of hydrogen-bond donors (Lipinski definition) is 2. The van der Waals surface area contributed by atoms with E-state index in [0.717, 1.165) is 16.0 Å². The van der Waals surface area contributed by atoms with Gasteiger partial charge in [0.1, 0.15) is 17.1 Å². The first-order chi connectivity index (χ1) is 14.4. The van der Waals surface area contributed by atoms with Crippen LogP contribution in [0.5, 0.6) is 0 Å². The van der Waals surface area contributed by atoms with E-state index in [0.29, 0.717) is 15.7 Å². The number of aromatic nitrogens is 2. The number of nitrogens with zero attached hydrogens (tertiary/aromatic N) is 3. The molecule has 30 heavy (non-hydrogen) atoms. The lowest BCUT2D eigenvalue weighted by atomic mass is 9.91. The molecule has 4 rings (SSSR count). The van der Waals surface area contributed by atoms with Gasteiger partial charge in [-0.05, 0) is 19.4 Å². The van der Waals surface area contributed by atoms with Crippen molar-refractivity contribution in [1.29, 1.82) is 0 Å². The molecule has 3 aromatic rings. The quantitative estimate of drug-likeness (QED) is 0.617. The first-order valence-corrected chi connectivity index (χ1v) is 10.1. The Morgan fingerprint density at radius 3 is 2.50 bits per heavy atom. The van der Waals surface area contributed by atoms with Crippen molar-refractivity contribution in [3.8, 4) is 10.6 Å². The van der Waals surface area contributed by atoms with Crippen LogP contribution in [0.15, 0.2) is 54.6 Å². The average molecular weight is 421 g/mol. The summed E-state index contributed by atoms with van der Waals surface area (Å²) >= 11 is 1.21. The number of hydrogen-bond acceptors (Lipinski definition) is 6. The monoisotopic (exact) mass is 421 g/mol. The van der Waals surface area contributed by atoms with Crippen LogP contribution in [0.3, 0.4) is 0 Å². The molecule has 0 bridgehead atoms. The Bertz CT molecular complexity index is 1110. The number of rotatable bonds is 5. The zero-order chi connectivity index (χ0) is 21.3. The van der Waals surface area contributed by atoms with Gasteiger partial charge in [0.2, 0.25) is 11.0 Å². The number of urea groups is 1. The minimum Gasteiger partial charge on any atom is -0.319 e. The number of carbonyl (C=O) groups is 3. The molecular weight excluding hydrogens is 402 g/mol. The lowest BCUT2D eigenvalue weighted by Gasteiger charge is -2.22. The van der Waals surface area contributed by atoms with E-state index in [9.17, 15) is 14.4 Å². The summed E-state index contributed by atoms with van der Waals surface area (Å²) in [6, 6.07) is 16.2. The zero-order valence-corrected chi connectivity index (χ0v) is 17.2. The summed E-state index contributed by atoms with van der Waals surface area (Å²) in [5.41, 5.74) is 1.38. The number of carbonyl (C=O) groups excluding carboxylic acids is 3. The molecule has 0 saturated carbocycles. The Hall–Kier alpha value is -3.59. The SMILES string of the molecule is Cc1ccc(C2(C)NC(=O)N(CC(=O)Nc3nnc(-c4ccccc4)s3)C2=O)cc1. The molecule has 152 valence electrons. The lowest BCUT2D eigenvalue weighted by molar-refractivity contribution is -0.133. The van der Waals surface area contributed by atoms with Gasteiger partial charge in [-0.15, -0.1) is 10.2 Å². The molecule has 8 nitrogen and oxygen atoms in total. The van der Waals surface area contributed by atoms with E-state index in [-0.39, 0.29) is 0 Å². The van der Waals surface area contributed by atoms with Crippen molar-refractivity contribution in [2.45, 2.75) is 19.4 Å². The van der Waals surface area contributed by atoms with Crippen molar-refractivity contribution >= 4 is 34.3 Å². The number of anilines is 1. The lowest BCUT2D eigenvalue weighted by Crippen LogP contribution is -2.42. The molecule has 2 heterocycles. The molecular formula is C21H19N5O3S. The largest absolute Gasteiger partial charge is 0.325 e. The standard InChI is InChI=1S/C21H19N5O3S/c1-13-8-10-15(11-9-13)21(2)18(28)26(20(29)23-21)12-16(27)22-19-25-24-17(30-19)14-6-4-3-5-7-14/h3-11H,12H2,1-2H3,(H,23,29)(H,22,25,27). The Kier molecular flexibility index (Phi) is 5.04. The number of amides is 4. The summed E-state index contributed by atoms with van der Waals surface area (Å²) in [6.07, 6.45) is 0. The fourth-order valence-corrected chi connectivity index (χ4v) is 3.96. The molecule has 0 radical (unpaired) electrons. The van der Waals surface area contributed by atoms with Gasteiger partial charge in [0.15, 0.2) is 0 Å². The predicted molar refractivity (Wildman–Crippen MR) is 113 cm³/mol. The highest BCUT2D eigenvalue weighted by Gasteiger charge is 2.49. The molecule has 0 aliphatic carbocycles. The molecule has 1 atom stereocenters. The average Bonchev–Trinajstić information content (AvgIpc) is 3.28. The fourth-order valence-electron chi connectivity index (χ4n) is 3.20. The Morgan fingerprint density at radius 2 is 1.80 bits per heavy atom. The molecule has 4 amide bonds. The molecule has 1 aromatic heterocycles. The van der Waals surface area contributed by atoms with E-state index in [1.807, 2.05) is 49.4 Å². The van der Waals surface area contributed by atoms with Crippen molar-refractivity contribution < 1.29 is 14.4 Å². The predicted octanol–water partition coefficient (Wildman–Crippen LogP) is 2.92. The molecule has 1 aliphatic heterocycles. The van der Waals surface area contributed by atoms with Gasteiger partial charge < -0.3 is 5.32 Å². The van der Waals surface area contributed by atoms with Crippen LogP contribution in [-0.4, -0.2) is 39.5 Å². The second-order valence-electron chi connectivity index (χ2n) is 7.14. The van der Waals surface area contributed by atoms with Crippen molar-refractivity contribution in [2.24, 2.45) is 0 Å². The maximum absolute atomic E-state index is 12.9. The molecule has 2 N–H and O–H groups in total. The van der Waals surface area contributed by atoms with Crippen LogP contribution in [0.2, 0.25) is 0 Å². The minimum atomic E-state index is -1.21. The maximum atomic E-state index is 12.9. The summed E-state index contributed by atoms with van der Waals surface area (Å²) in [5, 5.41) is 14.3. The van der Waals surface area contributed by atoms with Gasteiger partial charge in [0.25, 0.3) is 5.91 Å². The molecule has 1 fully saturated rings. The first kappa shape index (κ1) is 19.7. The smallest absolute Gasteiger partial charge is 0.319 e. The summed E-state index contributed by atoms with van der Waals surface area (Å²) < 4.78 is 0. The van der Waals surface area contributed by atoms with Crippen LogP contribution in [-0.2, 0) is 15.1 Å². The molecule has 1 saturated heterocycles. The van der Waals surface area contributed by atoms with E-state index in [1.165, 1.54) is 11.3 Å². The molecule has 1 aliphatic rings. The molecule has 9 heteroatoms. The van der Waals surface area contributed by atoms with Gasteiger partial charge in [-0.1, -0.05) is 71.5 Å². The molecule has 1 unspecified atom stereocenters. The molecule has 0 spiro atoms. The van der Waals surface area contributed by atoms with Crippen LogP contribution >= 0.6 is 11.3 Å².